The van der Waals surface area contributed by atoms with Crippen molar-refractivity contribution in [1.29, 1.82) is 5.26 Å². The molecule has 1 rings (SSSR count). The van der Waals surface area contributed by atoms with Crippen LogP contribution in [-0.4, -0.2) is 36.9 Å². The van der Waals surface area contributed by atoms with Gasteiger partial charge in [-0.1, -0.05) is 0 Å². The quantitative estimate of drug-likeness (QED) is 0.358. The Morgan fingerprint density at radius 1 is 1.52 bits per heavy atom. The molecule has 0 aliphatic heterocycles. The van der Waals surface area contributed by atoms with Gasteiger partial charge in [-0.2, -0.15) is 5.26 Å². The summed E-state index contributed by atoms with van der Waals surface area (Å²) in [7, 11) is 4.35. The monoisotopic (exact) mass is 353 g/mol. The summed E-state index contributed by atoms with van der Waals surface area (Å²) in [5, 5.41) is 20.0. The number of methoxy groups -OCH3 is 1. The second-order valence-electron chi connectivity index (χ2n) is 4.18. The highest BCUT2D eigenvalue weighted by atomic mass is 79.9. The summed E-state index contributed by atoms with van der Waals surface area (Å²) in [6.07, 6.45) is 1.29. The third-order valence-electron chi connectivity index (χ3n) is 2.52. The predicted octanol–water partition coefficient (Wildman–Crippen LogP) is 2.36. The van der Waals surface area contributed by atoms with Gasteiger partial charge in [0, 0.05) is 20.2 Å². The van der Waals surface area contributed by atoms with E-state index < -0.39 is 10.8 Å². The Bertz CT molecular complexity index is 662. The lowest BCUT2D eigenvalue weighted by Gasteiger charge is -2.09. The molecule has 0 N–H and O–H groups in total. The second-order valence-corrected chi connectivity index (χ2v) is 5.04. The number of nitro benzene ring substituents is 1. The Balaban J connectivity index is 3.42. The molecule has 0 heterocycles. The smallest absolute Gasteiger partial charge is 0.312 e. The molecular weight excluding hydrogens is 342 g/mol. The topological polar surface area (TPSA) is 96.5 Å². The van der Waals surface area contributed by atoms with Crippen molar-refractivity contribution in [2.45, 2.75) is 0 Å². The summed E-state index contributed by atoms with van der Waals surface area (Å²) in [5.74, 6) is -0.401. The van der Waals surface area contributed by atoms with Crippen molar-refractivity contribution in [3.63, 3.8) is 0 Å². The zero-order chi connectivity index (χ0) is 16.2. The van der Waals surface area contributed by atoms with Gasteiger partial charge in [0.15, 0.2) is 0 Å². The van der Waals surface area contributed by atoms with E-state index in [-0.39, 0.29) is 17.0 Å². The fourth-order valence-corrected chi connectivity index (χ4v) is 2.20. The minimum absolute atomic E-state index is 0.0783. The molecule has 0 spiro atoms. The number of carbonyl (C=O) groups is 1. The third kappa shape index (κ3) is 3.79. The molecule has 21 heavy (non-hydrogen) atoms. The van der Waals surface area contributed by atoms with E-state index in [0.29, 0.717) is 10.0 Å². The minimum atomic E-state index is -0.596. The number of rotatable bonds is 4. The van der Waals surface area contributed by atoms with Crippen LogP contribution >= 0.6 is 15.9 Å². The normalized spacial score (nSPS) is 10.7. The number of ether oxygens (including phenoxy) is 1. The first-order valence-electron chi connectivity index (χ1n) is 5.67. The van der Waals surface area contributed by atoms with Gasteiger partial charge >= 0.3 is 5.69 Å². The number of halogens is 1. The SMILES string of the molecule is COc1c(Br)cc(/C=C(/C#N)C(=O)N(C)C)cc1[N+](=O)[O-]. The fraction of sp³-hybridized carbons (Fsp3) is 0.231. The number of nitrogens with zero attached hydrogens (tertiary/aromatic N) is 3. The van der Waals surface area contributed by atoms with Crippen LogP contribution in [0.1, 0.15) is 5.56 Å². The van der Waals surface area contributed by atoms with Crippen molar-refractivity contribution in [2.24, 2.45) is 0 Å². The largest absolute Gasteiger partial charge is 0.489 e. The molecule has 0 saturated heterocycles. The van der Waals surface area contributed by atoms with Crippen molar-refractivity contribution in [3.05, 3.63) is 37.9 Å². The molecule has 1 aromatic rings. The summed E-state index contributed by atoms with van der Waals surface area (Å²) >= 11 is 3.17. The number of hydrogen-bond donors (Lipinski definition) is 0. The maximum Gasteiger partial charge on any atom is 0.312 e. The molecule has 7 nitrogen and oxygen atoms in total. The van der Waals surface area contributed by atoms with Gasteiger partial charge in [0.2, 0.25) is 5.75 Å². The zero-order valence-corrected chi connectivity index (χ0v) is 13.2. The predicted molar refractivity (Wildman–Crippen MR) is 79.6 cm³/mol. The number of carbonyl (C=O) groups excluding carboxylic acids is 1. The summed E-state index contributed by atoms with van der Waals surface area (Å²) in [5.41, 5.74) is -0.0276. The number of amides is 1. The molecule has 0 saturated carbocycles. The van der Waals surface area contributed by atoms with Gasteiger partial charge in [-0.3, -0.25) is 14.9 Å². The summed E-state index contributed by atoms with van der Waals surface area (Å²) in [4.78, 5) is 23.5. The molecule has 0 atom stereocenters. The lowest BCUT2D eigenvalue weighted by molar-refractivity contribution is -0.385. The summed E-state index contributed by atoms with van der Waals surface area (Å²) in [6.45, 7) is 0. The second kappa shape index (κ2) is 6.85. The minimum Gasteiger partial charge on any atom is -0.489 e. The molecular formula is C13H12BrN3O4. The number of nitriles is 1. The maximum absolute atomic E-state index is 11.8. The van der Waals surface area contributed by atoms with Crippen LogP contribution in [-0.2, 0) is 4.79 Å². The Labute approximate surface area is 129 Å². The standard InChI is InChI=1S/C13H12BrN3O4/c1-16(2)13(18)9(7-15)4-8-5-10(14)12(21-3)11(6-8)17(19)20/h4-6H,1-3H3/b9-4-. The van der Waals surface area contributed by atoms with E-state index >= 15 is 0 Å². The molecule has 1 aromatic carbocycles. The molecule has 110 valence electrons. The van der Waals surface area contributed by atoms with E-state index in [4.69, 9.17) is 10.00 Å². The number of nitro groups is 1. The molecule has 0 radical (unpaired) electrons. The highest BCUT2D eigenvalue weighted by Gasteiger charge is 2.20. The molecule has 0 fully saturated rings. The number of hydrogen-bond acceptors (Lipinski definition) is 5. The van der Waals surface area contributed by atoms with Gasteiger partial charge in [0.05, 0.1) is 16.5 Å². The lowest BCUT2D eigenvalue weighted by atomic mass is 10.1. The zero-order valence-electron chi connectivity index (χ0n) is 11.6. The van der Waals surface area contributed by atoms with Crippen molar-refractivity contribution < 1.29 is 14.5 Å². The van der Waals surface area contributed by atoms with Crippen LogP contribution < -0.4 is 4.74 Å². The lowest BCUT2D eigenvalue weighted by Crippen LogP contribution is -2.22. The van der Waals surface area contributed by atoms with Crippen LogP contribution in [0, 0.1) is 21.4 Å². The first-order chi connectivity index (χ1) is 9.81. The van der Waals surface area contributed by atoms with Gasteiger partial charge in [-0.15, -0.1) is 0 Å². The highest BCUT2D eigenvalue weighted by molar-refractivity contribution is 9.10. The summed E-state index contributed by atoms with van der Waals surface area (Å²) in [6, 6.07) is 4.56. The Kier molecular flexibility index (Phi) is 5.44. The van der Waals surface area contributed by atoms with Gasteiger partial charge < -0.3 is 9.64 Å². The maximum atomic E-state index is 11.8. The van der Waals surface area contributed by atoms with E-state index in [9.17, 15) is 14.9 Å². The van der Waals surface area contributed by atoms with Crippen LogP contribution in [0.4, 0.5) is 5.69 Å². The third-order valence-corrected chi connectivity index (χ3v) is 3.10. The van der Waals surface area contributed by atoms with Crippen molar-refractivity contribution in [1.82, 2.24) is 4.90 Å². The van der Waals surface area contributed by atoms with Crippen LogP contribution in [0.5, 0.6) is 5.75 Å². The van der Waals surface area contributed by atoms with E-state index in [1.807, 2.05) is 0 Å². The Morgan fingerprint density at radius 2 is 2.14 bits per heavy atom. The Hall–Kier alpha value is -2.40. The van der Waals surface area contributed by atoms with E-state index in [1.54, 1.807) is 6.07 Å². The fourth-order valence-electron chi connectivity index (χ4n) is 1.57. The average Bonchev–Trinajstić information content (AvgIpc) is 2.43. The van der Waals surface area contributed by atoms with Crippen molar-refractivity contribution >= 4 is 33.6 Å². The van der Waals surface area contributed by atoms with Crippen molar-refractivity contribution in [2.75, 3.05) is 21.2 Å². The molecule has 0 aliphatic carbocycles. The average molecular weight is 354 g/mol. The van der Waals surface area contributed by atoms with E-state index in [2.05, 4.69) is 15.9 Å². The number of benzene rings is 1. The highest BCUT2D eigenvalue weighted by Crippen LogP contribution is 2.36. The molecule has 0 aromatic heterocycles. The van der Waals surface area contributed by atoms with Crippen LogP contribution in [0.25, 0.3) is 6.08 Å². The number of likely N-dealkylation sites (N-methyl/N-ethyl adjacent to an activating group) is 1. The van der Waals surface area contributed by atoms with E-state index in [0.717, 1.165) is 0 Å². The van der Waals surface area contributed by atoms with Gasteiger partial charge in [0.1, 0.15) is 11.6 Å². The first kappa shape index (κ1) is 16.7. The van der Waals surface area contributed by atoms with Crippen molar-refractivity contribution in [3.8, 4) is 11.8 Å². The van der Waals surface area contributed by atoms with Crippen LogP contribution in [0.15, 0.2) is 22.2 Å². The summed E-state index contributed by atoms with van der Waals surface area (Å²) < 4.78 is 5.32. The van der Waals surface area contributed by atoms with Gasteiger partial charge in [0.25, 0.3) is 5.91 Å². The van der Waals surface area contributed by atoms with Crippen LogP contribution in [0.3, 0.4) is 0 Å². The Morgan fingerprint density at radius 3 is 2.57 bits per heavy atom. The van der Waals surface area contributed by atoms with Gasteiger partial charge in [-0.05, 0) is 33.6 Å². The molecule has 8 heteroatoms. The molecule has 0 aliphatic rings. The first-order valence-corrected chi connectivity index (χ1v) is 6.46. The molecule has 0 unspecified atom stereocenters. The van der Waals surface area contributed by atoms with Crippen LogP contribution in [0.2, 0.25) is 0 Å². The van der Waals surface area contributed by atoms with Gasteiger partial charge in [-0.25, -0.2) is 0 Å². The molecule has 0 bridgehead atoms. The van der Waals surface area contributed by atoms with E-state index in [1.165, 1.54) is 44.3 Å². The molecule has 1 amide bonds.